The van der Waals surface area contributed by atoms with Gasteiger partial charge in [-0.1, -0.05) is 13.8 Å². The van der Waals surface area contributed by atoms with Crippen LogP contribution in [0.3, 0.4) is 0 Å². The number of carboxylic acids is 2. The van der Waals surface area contributed by atoms with E-state index in [1.807, 2.05) is 13.8 Å². The van der Waals surface area contributed by atoms with Crippen molar-refractivity contribution in [2.75, 3.05) is 0 Å². The Hall–Kier alpha value is -1.84. The molecule has 0 bridgehead atoms. The molecule has 0 saturated heterocycles. The largest absolute Gasteiger partial charge is 0.478 e. The van der Waals surface area contributed by atoms with Crippen molar-refractivity contribution in [1.29, 1.82) is 0 Å². The molecule has 18 heavy (non-hydrogen) atoms. The van der Waals surface area contributed by atoms with Crippen molar-refractivity contribution in [2.24, 2.45) is 0 Å². The third kappa shape index (κ3) is 1.38. The van der Waals surface area contributed by atoms with Gasteiger partial charge >= 0.3 is 11.9 Å². The van der Waals surface area contributed by atoms with Crippen molar-refractivity contribution < 1.29 is 19.8 Å². The van der Waals surface area contributed by atoms with E-state index in [-0.39, 0.29) is 23.0 Å². The maximum atomic E-state index is 11.4. The molecule has 0 aromatic heterocycles. The molecule has 1 aromatic rings. The zero-order chi connectivity index (χ0) is 13.8. The highest BCUT2D eigenvalue weighted by Crippen LogP contribution is 2.51. The smallest absolute Gasteiger partial charge is 0.336 e. The summed E-state index contributed by atoms with van der Waals surface area (Å²) in [6.45, 7) is 7.25. The van der Waals surface area contributed by atoms with Gasteiger partial charge in [-0.15, -0.1) is 0 Å². The van der Waals surface area contributed by atoms with Crippen molar-refractivity contribution in [3.63, 3.8) is 0 Å². The first-order valence-corrected chi connectivity index (χ1v) is 5.92. The van der Waals surface area contributed by atoms with E-state index in [1.165, 1.54) is 0 Å². The first kappa shape index (κ1) is 12.6. The van der Waals surface area contributed by atoms with E-state index in [4.69, 9.17) is 0 Å². The van der Waals surface area contributed by atoms with Gasteiger partial charge in [0, 0.05) is 0 Å². The summed E-state index contributed by atoms with van der Waals surface area (Å²) >= 11 is 0. The molecule has 0 fully saturated rings. The van der Waals surface area contributed by atoms with E-state index in [0.717, 1.165) is 0 Å². The Morgan fingerprint density at radius 1 is 0.833 bits per heavy atom. The van der Waals surface area contributed by atoms with Crippen molar-refractivity contribution in [2.45, 2.75) is 39.5 Å². The molecule has 1 aromatic carbocycles. The highest BCUT2D eigenvalue weighted by Gasteiger charge is 2.40. The van der Waals surface area contributed by atoms with E-state index in [0.29, 0.717) is 22.3 Å². The maximum absolute atomic E-state index is 11.4. The number of carboxylic acid groups (broad SMARTS) is 2. The average Bonchev–Trinajstić information content (AvgIpc) is 2.29. The molecule has 0 spiro atoms. The normalized spacial score (nSPS) is 21.1. The van der Waals surface area contributed by atoms with Gasteiger partial charge in [0.05, 0.1) is 11.1 Å². The van der Waals surface area contributed by atoms with Crippen LogP contribution in [0.1, 0.15) is 68.7 Å². The molecule has 1 aliphatic rings. The van der Waals surface area contributed by atoms with E-state index in [2.05, 4.69) is 0 Å². The minimum atomic E-state index is -0.970. The lowest BCUT2D eigenvalue weighted by atomic mass is 9.64. The molecule has 4 nitrogen and oxygen atoms in total. The molecule has 0 heterocycles. The topological polar surface area (TPSA) is 74.6 Å². The van der Waals surface area contributed by atoms with E-state index >= 15 is 0 Å². The van der Waals surface area contributed by atoms with Gasteiger partial charge in [-0.05, 0) is 47.9 Å². The average molecular weight is 248 g/mol. The van der Waals surface area contributed by atoms with Crippen LogP contribution in [0.25, 0.3) is 0 Å². The minimum absolute atomic E-state index is 0.100. The van der Waals surface area contributed by atoms with Gasteiger partial charge in [-0.3, -0.25) is 0 Å². The summed E-state index contributed by atoms with van der Waals surface area (Å²) in [5.41, 5.74) is 3.12. The fourth-order valence-corrected chi connectivity index (χ4v) is 2.95. The van der Waals surface area contributed by atoms with Crippen LogP contribution in [0.2, 0.25) is 0 Å². The predicted molar refractivity (Wildman–Crippen MR) is 66.7 cm³/mol. The Labute approximate surface area is 105 Å². The van der Waals surface area contributed by atoms with Crippen LogP contribution in [-0.2, 0) is 0 Å². The summed E-state index contributed by atoms with van der Waals surface area (Å²) in [6.07, 6.45) is 0. The predicted octanol–water partition coefficient (Wildman–Crippen LogP) is 2.92. The second-order valence-electron chi connectivity index (χ2n) is 5.02. The van der Waals surface area contributed by atoms with Crippen molar-refractivity contribution >= 4 is 11.9 Å². The lowest BCUT2D eigenvalue weighted by Crippen LogP contribution is -2.29. The van der Waals surface area contributed by atoms with Crippen molar-refractivity contribution in [3.8, 4) is 0 Å². The quantitative estimate of drug-likeness (QED) is 0.843. The standard InChI is InChI=1S/C14H16O4/c1-5-6(2)10-9(5)11(13(15)16)7(3)8(4)12(10)14(17)18/h5-6H,1-4H3,(H,15,16)(H,17,18). The number of hydrogen-bond acceptors (Lipinski definition) is 2. The highest BCUT2D eigenvalue weighted by atomic mass is 16.4. The second-order valence-corrected chi connectivity index (χ2v) is 5.02. The Balaban J connectivity index is 2.89. The molecule has 2 rings (SSSR count). The van der Waals surface area contributed by atoms with E-state index in [1.54, 1.807) is 13.8 Å². The molecular formula is C14H16O4. The Bertz CT molecular complexity index is 521. The molecule has 0 saturated carbocycles. The van der Waals surface area contributed by atoms with E-state index in [9.17, 15) is 19.8 Å². The summed E-state index contributed by atoms with van der Waals surface area (Å²) in [4.78, 5) is 22.7. The van der Waals surface area contributed by atoms with Crippen LogP contribution in [0.4, 0.5) is 0 Å². The first-order chi connectivity index (χ1) is 8.29. The van der Waals surface area contributed by atoms with E-state index < -0.39 is 11.9 Å². The summed E-state index contributed by atoms with van der Waals surface area (Å²) in [6, 6.07) is 0. The number of aromatic carboxylic acids is 2. The third-order valence-electron chi connectivity index (χ3n) is 4.23. The van der Waals surface area contributed by atoms with Crippen molar-refractivity contribution in [3.05, 3.63) is 33.4 Å². The number of rotatable bonds is 2. The number of fused-ring (bicyclic) bond motifs is 1. The molecular weight excluding hydrogens is 232 g/mol. The van der Waals surface area contributed by atoms with Crippen LogP contribution in [0.15, 0.2) is 0 Å². The van der Waals surface area contributed by atoms with Crippen LogP contribution in [-0.4, -0.2) is 22.2 Å². The molecule has 2 N–H and O–H groups in total. The van der Waals surface area contributed by atoms with Crippen LogP contribution >= 0.6 is 0 Å². The van der Waals surface area contributed by atoms with Gasteiger partial charge in [-0.25, -0.2) is 9.59 Å². The zero-order valence-electron chi connectivity index (χ0n) is 10.9. The summed E-state index contributed by atoms with van der Waals surface area (Å²) in [7, 11) is 0. The summed E-state index contributed by atoms with van der Waals surface area (Å²) in [5.74, 6) is -1.74. The number of carbonyl (C=O) groups is 2. The van der Waals surface area contributed by atoms with Crippen LogP contribution < -0.4 is 0 Å². The molecule has 0 amide bonds. The Kier molecular flexibility index (Phi) is 2.69. The van der Waals surface area contributed by atoms with Crippen LogP contribution in [0.5, 0.6) is 0 Å². The Morgan fingerprint density at radius 2 is 1.11 bits per heavy atom. The molecule has 0 radical (unpaired) electrons. The molecule has 0 aliphatic heterocycles. The van der Waals surface area contributed by atoms with Gasteiger partial charge in [0.2, 0.25) is 0 Å². The van der Waals surface area contributed by atoms with Crippen LogP contribution in [0, 0.1) is 13.8 Å². The fraction of sp³-hybridized carbons (Fsp3) is 0.429. The van der Waals surface area contributed by atoms with Crippen molar-refractivity contribution in [1.82, 2.24) is 0 Å². The monoisotopic (exact) mass is 248 g/mol. The fourth-order valence-electron chi connectivity index (χ4n) is 2.95. The lowest BCUT2D eigenvalue weighted by molar-refractivity contribution is 0.0673. The zero-order valence-corrected chi connectivity index (χ0v) is 10.9. The lowest BCUT2D eigenvalue weighted by Gasteiger charge is -2.39. The second kappa shape index (κ2) is 3.83. The van der Waals surface area contributed by atoms with Gasteiger partial charge < -0.3 is 10.2 Å². The molecule has 2 atom stereocenters. The number of hydrogen-bond donors (Lipinski definition) is 2. The Morgan fingerprint density at radius 3 is 1.33 bits per heavy atom. The number of benzene rings is 1. The molecule has 2 unspecified atom stereocenters. The SMILES string of the molecule is Cc1c(C)c(C(=O)O)c2c(c1C(=O)O)C(C)C2C. The van der Waals surface area contributed by atoms with Gasteiger partial charge in [0.1, 0.15) is 0 Å². The third-order valence-corrected chi connectivity index (χ3v) is 4.23. The van der Waals surface area contributed by atoms with Gasteiger partial charge in [-0.2, -0.15) is 0 Å². The minimum Gasteiger partial charge on any atom is -0.478 e. The van der Waals surface area contributed by atoms with Gasteiger partial charge in [0.25, 0.3) is 0 Å². The summed E-state index contributed by atoms with van der Waals surface area (Å²) in [5, 5.41) is 18.6. The molecule has 1 aliphatic carbocycles. The van der Waals surface area contributed by atoms with Gasteiger partial charge in [0.15, 0.2) is 0 Å². The first-order valence-electron chi connectivity index (χ1n) is 5.92. The highest BCUT2D eigenvalue weighted by molar-refractivity contribution is 5.99. The molecule has 96 valence electrons. The summed E-state index contributed by atoms with van der Waals surface area (Å²) < 4.78 is 0. The maximum Gasteiger partial charge on any atom is 0.336 e. The molecule has 4 heteroatoms.